The third kappa shape index (κ3) is 2.15. The van der Waals surface area contributed by atoms with Crippen LogP contribution in [0.25, 0.3) is 5.82 Å². The van der Waals surface area contributed by atoms with Gasteiger partial charge in [-0.25, -0.2) is 14.5 Å². The fourth-order valence-electron chi connectivity index (χ4n) is 1.47. The zero-order valence-corrected chi connectivity index (χ0v) is 9.53. The van der Waals surface area contributed by atoms with Crippen molar-refractivity contribution in [2.45, 2.75) is 19.8 Å². The summed E-state index contributed by atoms with van der Waals surface area (Å²) in [5.74, 6) is -0.252. The van der Waals surface area contributed by atoms with E-state index in [-0.39, 0.29) is 11.5 Å². The van der Waals surface area contributed by atoms with E-state index in [4.69, 9.17) is 5.11 Å². The van der Waals surface area contributed by atoms with Gasteiger partial charge in [0.25, 0.3) is 0 Å². The van der Waals surface area contributed by atoms with E-state index < -0.39 is 5.97 Å². The first-order valence-electron chi connectivity index (χ1n) is 5.19. The summed E-state index contributed by atoms with van der Waals surface area (Å²) in [6.45, 7) is 3.99. The van der Waals surface area contributed by atoms with E-state index in [1.165, 1.54) is 17.1 Å². The van der Waals surface area contributed by atoms with E-state index in [2.05, 4.69) is 15.1 Å². The molecule has 0 aliphatic rings. The van der Waals surface area contributed by atoms with E-state index in [0.717, 1.165) is 5.69 Å². The molecule has 88 valence electrons. The average molecular weight is 232 g/mol. The highest BCUT2D eigenvalue weighted by Crippen LogP contribution is 2.17. The van der Waals surface area contributed by atoms with Crippen LogP contribution in [0.5, 0.6) is 0 Å². The van der Waals surface area contributed by atoms with Crippen molar-refractivity contribution in [1.29, 1.82) is 0 Å². The smallest absolute Gasteiger partial charge is 0.338 e. The minimum absolute atomic E-state index is 0.130. The number of carbonyl (C=O) groups is 1. The minimum Gasteiger partial charge on any atom is -0.478 e. The molecule has 0 aliphatic carbocycles. The first-order valence-corrected chi connectivity index (χ1v) is 5.19. The van der Waals surface area contributed by atoms with Crippen molar-refractivity contribution in [3.05, 3.63) is 36.0 Å². The van der Waals surface area contributed by atoms with Gasteiger partial charge in [0, 0.05) is 18.6 Å². The molecule has 2 aromatic rings. The van der Waals surface area contributed by atoms with Crippen LogP contribution >= 0.6 is 0 Å². The van der Waals surface area contributed by atoms with Crippen LogP contribution in [-0.2, 0) is 0 Å². The lowest BCUT2D eigenvalue weighted by atomic mass is 10.1. The summed E-state index contributed by atoms with van der Waals surface area (Å²) in [6.07, 6.45) is 5.89. The molecule has 0 saturated carbocycles. The van der Waals surface area contributed by atoms with Gasteiger partial charge in [0.15, 0.2) is 5.82 Å². The maximum atomic E-state index is 10.8. The third-order valence-electron chi connectivity index (χ3n) is 2.30. The summed E-state index contributed by atoms with van der Waals surface area (Å²) in [4.78, 5) is 19.2. The fraction of sp³-hybridized carbons (Fsp3) is 0.273. The summed E-state index contributed by atoms with van der Waals surface area (Å²) < 4.78 is 1.44. The predicted molar refractivity (Wildman–Crippen MR) is 60.2 cm³/mol. The Morgan fingerprint density at radius 3 is 2.65 bits per heavy atom. The monoisotopic (exact) mass is 232 g/mol. The summed E-state index contributed by atoms with van der Waals surface area (Å²) in [7, 11) is 0. The predicted octanol–water partition coefficient (Wildman–Crippen LogP) is 1.48. The van der Waals surface area contributed by atoms with E-state index in [1.807, 2.05) is 13.8 Å². The lowest BCUT2D eigenvalue weighted by Crippen LogP contribution is -2.06. The fourth-order valence-corrected chi connectivity index (χ4v) is 1.47. The van der Waals surface area contributed by atoms with Gasteiger partial charge in [-0.05, 0) is 5.92 Å². The number of aromatic nitrogens is 4. The summed E-state index contributed by atoms with van der Waals surface area (Å²) >= 11 is 0. The first kappa shape index (κ1) is 11.3. The van der Waals surface area contributed by atoms with Gasteiger partial charge in [0.05, 0.1) is 17.5 Å². The van der Waals surface area contributed by atoms with Crippen molar-refractivity contribution in [3.8, 4) is 5.82 Å². The highest BCUT2D eigenvalue weighted by atomic mass is 16.4. The molecule has 17 heavy (non-hydrogen) atoms. The second-order valence-corrected chi connectivity index (χ2v) is 3.90. The summed E-state index contributed by atoms with van der Waals surface area (Å²) in [5, 5.41) is 12.8. The maximum absolute atomic E-state index is 10.8. The molecule has 2 aromatic heterocycles. The number of aromatic carboxylic acids is 1. The summed E-state index contributed by atoms with van der Waals surface area (Å²) in [6, 6.07) is 0. The van der Waals surface area contributed by atoms with Gasteiger partial charge in [-0.2, -0.15) is 5.10 Å². The van der Waals surface area contributed by atoms with E-state index in [0.29, 0.717) is 5.82 Å². The highest BCUT2D eigenvalue weighted by Gasteiger charge is 2.13. The van der Waals surface area contributed by atoms with Gasteiger partial charge >= 0.3 is 5.97 Å². The molecule has 0 bridgehead atoms. The Labute approximate surface area is 98.0 Å². The molecule has 0 saturated heterocycles. The molecular weight excluding hydrogens is 220 g/mol. The topological polar surface area (TPSA) is 80.9 Å². The second kappa shape index (κ2) is 4.32. The zero-order valence-electron chi connectivity index (χ0n) is 9.53. The Morgan fingerprint density at radius 1 is 1.35 bits per heavy atom. The number of hydrogen-bond donors (Lipinski definition) is 1. The molecule has 0 spiro atoms. The SMILES string of the molecule is CC(C)c1nccnc1-n1cc(C(=O)O)cn1. The molecule has 0 aliphatic heterocycles. The van der Waals surface area contributed by atoms with Crippen molar-refractivity contribution in [1.82, 2.24) is 19.7 Å². The Morgan fingerprint density at radius 2 is 2.06 bits per heavy atom. The van der Waals surface area contributed by atoms with Crippen LogP contribution in [0.1, 0.15) is 35.8 Å². The molecule has 0 atom stereocenters. The van der Waals surface area contributed by atoms with Crippen molar-refractivity contribution in [3.63, 3.8) is 0 Å². The Bertz CT molecular complexity index is 548. The van der Waals surface area contributed by atoms with E-state index in [9.17, 15) is 4.79 Å². The van der Waals surface area contributed by atoms with Crippen LogP contribution in [0.2, 0.25) is 0 Å². The van der Waals surface area contributed by atoms with Gasteiger partial charge in [0.1, 0.15) is 0 Å². The van der Waals surface area contributed by atoms with Gasteiger partial charge in [-0.15, -0.1) is 0 Å². The average Bonchev–Trinajstić information content (AvgIpc) is 2.78. The van der Waals surface area contributed by atoms with Gasteiger partial charge in [0.2, 0.25) is 0 Å². The molecule has 2 heterocycles. The van der Waals surface area contributed by atoms with Gasteiger partial charge < -0.3 is 5.11 Å². The number of nitrogens with zero attached hydrogens (tertiary/aromatic N) is 4. The van der Waals surface area contributed by atoms with Crippen molar-refractivity contribution in [2.75, 3.05) is 0 Å². The quantitative estimate of drug-likeness (QED) is 0.866. The molecule has 0 fully saturated rings. The number of carboxylic acid groups (broad SMARTS) is 1. The minimum atomic E-state index is -1.01. The third-order valence-corrected chi connectivity index (χ3v) is 2.30. The number of hydrogen-bond acceptors (Lipinski definition) is 4. The number of rotatable bonds is 3. The Hall–Kier alpha value is -2.24. The molecule has 0 aromatic carbocycles. The van der Waals surface area contributed by atoms with Crippen molar-refractivity contribution < 1.29 is 9.90 Å². The second-order valence-electron chi connectivity index (χ2n) is 3.90. The maximum Gasteiger partial charge on any atom is 0.338 e. The zero-order chi connectivity index (χ0) is 12.4. The van der Waals surface area contributed by atoms with Crippen LogP contribution in [-0.4, -0.2) is 30.8 Å². The highest BCUT2D eigenvalue weighted by molar-refractivity contribution is 5.86. The molecule has 0 unspecified atom stereocenters. The molecule has 1 N–H and O–H groups in total. The van der Waals surface area contributed by atoms with Crippen LogP contribution < -0.4 is 0 Å². The number of carboxylic acids is 1. The van der Waals surface area contributed by atoms with Crippen molar-refractivity contribution in [2.24, 2.45) is 0 Å². The standard InChI is InChI=1S/C11H12N4O2/c1-7(2)9-10(13-4-3-12-9)15-6-8(5-14-15)11(16)17/h3-7H,1-2H3,(H,16,17). The van der Waals surface area contributed by atoms with Crippen LogP contribution in [0, 0.1) is 0 Å². The van der Waals surface area contributed by atoms with Gasteiger partial charge in [-0.3, -0.25) is 4.98 Å². The van der Waals surface area contributed by atoms with Gasteiger partial charge in [-0.1, -0.05) is 13.8 Å². The van der Waals surface area contributed by atoms with Crippen LogP contribution in [0.3, 0.4) is 0 Å². The summed E-state index contributed by atoms with van der Waals surface area (Å²) in [5.41, 5.74) is 0.915. The van der Waals surface area contributed by atoms with Crippen LogP contribution in [0.15, 0.2) is 24.8 Å². The lowest BCUT2D eigenvalue weighted by Gasteiger charge is -2.09. The normalized spacial score (nSPS) is 10.8. The molecule has 0 amide bonds. The van der Waals surface area contributed by atoms with E-state index in [1.54, 1.807) is 12.4 Å². The molecule has 2 rings (SSSR count). The molecule has 6 heteroatoms. The molecular formula is C11H12N4O2. The largest absolute Gasteiger partial charge is 0.478 e. The van der Waals surface area contributed by atoms with Crippen molar-refractivity contribution >= 4 is 5.97 Å². The Balaban J connectivity index is 2.48. The lowest BCUT2D eigenvalue weighted by molar-refractivity contribution is 0.0697. The van der Waals surface area contributed by atoms with E-state index >= 15 is 0 Å². The Kier molecular flexibility index (Phi) is 2.86. The van der Waals surface area contributed by atoms with Crippen LogP contribution in [0.4, 0.5) is 0 Å². The molecule has 0 radical (unpaired) electrons. The first-order chi connectivity index (χ1) is 8.09. The molecule has 6 nitrogen and oxygen atoms in total.